The van der Waals surface area contributed by atoms with Crippen LogP contribution in [0.15, 0.2) is 48.5 Å². The number of carbonyl (C=O) groups is 2. The minimum absolute atomic E-state index is 0.177. The van der Waals surface area contributed by atoms with E-state index in [0.717, 1.165) is 99.5 Å². The summed E-state index contributed by atoms with van der Waals surface area (Å²) < 4.78 is 9.08. The van der Waals surface area contributed by atoms with Gasteiger partial charge >= 0.3 is 5.97 Å². The molecule has 0 spiro atoms. The van der Waals surface area contributed by atoms with E-state index in [0.29, 0.717) is 22.5 Å². The minimum Gasteiger partial charge on any atom is -0.479 e. The Morgan fingerprint density at radius 3 is 2.36 bits per heavy atom. The third kappa shape index (κ3) is 6.66. The monoisotopic (exact) mass is 713 g/mol. The molecule has 50 heavy (non-hydrogen) atoms. The molecule has 0 aliphatic carbocycles. The molecule has 1 unspecified atom stereocenters. The molecule has 2 atom stereocenters. The van der Waals surface area contributed by atoms with Crippen molar-refractivity contribution in [3.05, 3.63) is 70.4 Å². The number of amides is 1. The molecular weight excluding hydrogens is 670 g/mol. The second-order valence-corrected chi connectivity index (χ2v) is 16.2. The van der Waals surface area contributed by atoms with Gasteiger partial charge in [0.25, 0.3) is 0 Å². The van der Waals surface area contributed by atoms with Crippen molar-refractivity contribution in [1.82, 2.24) is 24.6 Å². The number of hydrogen-bond acceptors (Lipinski definition) is 7. The highest BCUT2D eigenvalue weighted by Crippen LogP contribution is 2.45. The van der Waals surface area contributed by atoms with Crippen LogP contribution in [0.25, 0.3) is 42.8 Å². The average molecular weight is 714 g/mol. The summed E-state index contributed by atoms with van der Waals surface area (Å²) in [5, 5.41) is 18.1. The number of halogens is 1. The molecule has 1 N–H and O–H groups in total. The number of ether oxygens (including phenoxy) is 1. The predicted molar refractivity (Wildman–Crippen MR) is 200 cm³/mol. The van der Waals surface area contributed by atoms with E-state index < -0.39 is 17.7 Å². The van der Waals surface area contributed by atoms with Gasteiger partial charge in [0.1, 0.15) is 5.01 Å². The maximum atomic E-state index is 12.8. The number of fused-ring (bicyclic) bond motifs is 2. The Labute approximate surface area is 301 Å². The van der Waals surface area contributed by atoms with Crippen LogP contribution in [0.4, 0.5) is 0 Å². The fraction of sp³-hybridized carbons (Fsp3) is 0.436. The van der Waals surface area contributed by atoms with Gasteiger partial charge in [-0.05, 0) is 108 Å². The van der Waals surface area contributed by atoms with Crippen LogP contribution in [0.5, 0.6) is 0 Å². The molecule has 9 nitrogen and oxygen atoms in total. The molecule has 4 heterocycles. The van der Waals surface area contributed by atoms with Crippen LogP contribution in [-0.4, -0.2) is 79.4 Å². The minimum atomic E-state index is -1.17. The van der Waals surface area contributed by atoms with Crippen LogP contribution in [0.2, 0.25) is 5.02 Å². The summed E-state index contributed by atoms with van der Waals surface area (Å²) in [6.07, 6.45) is 1.97. The normalized spacial score (nSPS) is 18.1. The van der Waals surface area contributed by atoms with Gasteiger partial charge in [-0.3, -0.25) is 9.48 Å². The lowest BCUT2D eigenvalue weighted by Gasteiger charge is -2.44. The number of nitrogens with zero attached hydrogens (tertiary/aromatic N) is 5. The Morgan fingerprint density at radius 2 is 1.74 bits per heavy atom. The fourth-order valence-electron chi connectivity index (χ4n) is 7.62. The van der Waals surface area contributed by atoms with Crippen LogP contribution < -0.4 is 0 Å². The molecule has 262 valence electrons. The van der Waals surface area contributed by atoms with E-state index in [1.165, 1.54) is 0 Å². The highest BCUT2D eigenvalue weighted by atomic mass is 35.5. The summed E-state index contributed by atoms with van der Waals surface area (Å²) in [5.41, 5.74) is 6.44. The number of carbonyl (C=O) groups excluding carboxylic acids is 1. The van der Waals surface area contributed by atoms with Gasteiger partial charge < -0.3 is 19.6 Å². The summed E-state index contributed by atoms with van der Waals surface area (Å²) in [4.78, 5) is 34.3. The van der Waals surface area contributed by atoms with Crippen molar-refractivity contribution in [2.45, 2.75) is 77.5 Å². The topological polar surface area (TPSA) is 101 Å². The fourth-order valence-corrected chi connectivity index (χ4v) is 8.87. The first kappa shape index (κ1) is 34.6. The number of hydrogen-bond donors (Lipinski definition) is 1. The smallest absolute Gasteiger partial charge is 0.337 e. The van der Waals surface area contributed by atoms with Crippen molar-refractivity contribution >= 4 is 55.9 Å². The Morgan fingerprint density at radius 1 is 1.04 bits per heavy atom. The Balaban J connectivity index is 1.25. The SMILES string of the molecule is CC(=O)N1CCC1CN1CCC(c2nn(C)c3ccc(-c4nc5cc(C)c([C@H](OC(C)(C)C)C(=O)O)c(-c6ccc(Cl)cc6)c5s4)cc23)CC1. The number of carboxylic acid groups (broad SMARTS) is 1. The molecule has 2 saturated heterocycles. The molecule has 11 heteroatoms. The van der Waals surface area contributed by atoms with E-state index in [4.69, 9.17) is 26.4 Å². The third-order valence-corrected chi connectivity index (χ3v) is 11.5. The van der Waals surface area contributed by atoms with Gasteiger partial charge in [0, 0.05) is 66.1 Å². The number of likely N-dealkylation sites (tertiary alicyclic amines) is 2. The van der Waals surface area contributed by atoms with Gasteiger partial charge in [-0.25, -0.2) is 9.78 Å². The molecule has 2 aliphatic heterocycles. The van der Waals surface area contributed by atoms with Gasteiger partial charge in [0.05, 0.1) is 27.0 Å². The van der Waals surface area contributed by atoms with E-state index in [1.54, 1.807) is 18.3 Å². The van der Waals surface area contributed by atoms with Crippen molar-refractivity contribution in [2.24, 2.45) is 7.05 Å². The summed E-state index contributed by atoms with van der Waals surface area (Å²) in [6.45, 7) is 13.0. The average Bonchev–Trinajstić information content (AvgIpc) is 3.62. The summed E-state index contributed by atoms with van der Waals surface area (Å²) in [7, 11) is 2.01. The van der Waals surface area contributed by atoms with E-state index >= 15 is 0 Å². The van der Waals surface area contributed by atoms with Gasteiger partial charge in [-0.2, -0.15) is 5.10 Å². The van der Waals surface area contributed by atoms with E-state index in [1.807, 2.05) is 74.7 Å². The molecule has 2 aromatic heterocycles. The van der Waals surface area contributed by atoms with Crippen molar-refractivity contribution in [2.75, 3.05) is 26.2 Å². The quantitative estimate of drug-likeness (QED) is 0.173. The highest BCUT2D eigenvalue weighted by Gasteiger charge is 2.34. The van der Waals surface area contributed by atoms with Crippen molar-refractivity contribution in [3.63, 3.8) is 0 Å². The number of thiazole rings is 1. The zero-order valence-electron chi connectivity index (χ0n) is 29.5. The van der Waals surface area contributed by atoms with E-state index in [9.17, 15) is 14.7 Å². The first-order chi connectivity index (χ1) is 23.8. The number of benzene rings is 3. The number of piperidine rings is 1. The third-order valence-electron chi connectivity index (χ3n) is 10.1. The number of aromatic nitrogens is 3. The number of aryl methyl sites for hydroxylation is 2. The van der Waals surface area contributed by atoms with Gasteiger partial charge in [-0.1, -0.05) is 23.7 Å². The Kier molecular flexibility index (Phi) is 9.26. The Hall–Kier alpha value is -3.83. The maximum Gasteiger partial charge on any atom is 0.337 e. The maximum absolute atomic E-state index is 12.8. The van der Waals surface area contributed by atoms with Gasteiger partial charge in [0.2, 0.25) is 5.91 Å². The number of aliphatic carboxylic acids is 1. The molecule has 7 rings (SSSR count). The lowest BCUT2D eigenvalue weighted by Crippen LogP contribution is -2.56. The summed E-state index contributed by atoms with van der Waals surface area (Å²) in [6, 6.07) is 16.3. The first-order valence-corrected chi connectivity index (χ1v) is 18.5. The second-order valence-electron chi connectivity index (χ2n) is 14.8. The Bertz CT molecular complexity index is 2090. The standard InChI is InChI=1S/C39H44ClN5O4S/c1-22-19-30-36(33(24-7-10-27(40)11-8-24)32(22)35(38(47)48)49-39(3,4)5)50-37(41-30)26-9-12-31-29(20-26)34(42-43(31)6)25-13-16-44(17-14-25)21-28-15-18-45(28)23(2)46/h7-12,19-20,25,28,35H,13-18,21H2,1-6H3,(H,47,48)/t28?,35-/m0/s1. The van der Waals surface area contributed by atoms with Gasteiger partial charge in [0.15, 0.2) is 6.10 Å². The van der Waals surface area contributed by atoms with Crippen molar-refractivity contribution in [1.29, 1.82) is 0 Å². The summed E-state index contributed by atoms with van der Waals surface area (Å²) in [5.74, 6) is -0.511. The van der Waals surface area contributed by atoms with E-state index in [-0.39, 0.29) is 5.91 Å². The molecule has 2 fully saturated rings. The largest absolute Gasteiger partial charge is 0.479 e. The number of carboxylic acids is 1. The van der Waals surface area contributed by atoms with Crippen molar-refractivity contribution in [3.8, 4) is 21.7 Å². The lowest BCUT2D eigenvalue weighted by atomic mass is 9.90. The molecular formula is C39H44ClN5O4S. The molecule has 1 amide bonds. The van der Waals surface area contributed by atoms with Crippen LogP contribution in [0.3, 0.4) is 0 Å². The van der Waals surface area contributed by atoms with Crippen LogP contribution in [0, 0.1) is 6.92 Å². The zero-order valence-corrected chi connectivity index (χ0v) is 31.1. The molecule has 0 saturated carbocycles. The molecule has 0 bridgehead atoms. The van der Waals surface area contributed by atoms with Crippen molar-refractivity contribution < 1.29 is 19.4 Å². The van der Waals surface area contributed by atoms with Crippen LogP contribution >= 0.6 is 22.9 Å². The summed E-state index contributed by atoms with van der Waals surface area (Å²) >= 11 is 7.86. The van der Waals surface area contributed by atoms with E-state index in [2.05, 4.69) is 23.1 Å². The highest BCUT2D eigenvalue weighted by molar-refractivity contribution is 7.22. The first-order valence-electron chi connectivity index (χ1n) is 17.3. The van der Waals surface area contributed by atoms with Gasteiger partial charge in [-0.15, -0.1) is 11.3 Å². The molecule has 2 aliphatic rings. The lowest BCUT2D eigenvalue weighted by molar-refractivity contribution is -0.160. The second kappa shape index (κ2) is 13.4. The van der Waals surface area contributed by atoms with Crippen LogP contribution in [0.1, 0.15) is 75.8 Å². The molecule has 0 radical (unpaired) electrons. The molecule has 5 aromatic rings. The predicted octanol–water partition coefficient (Wildman–Crippen LogP) is 8.22. The zero-order chi connectivity index (χ0) is 35.5. The van der Waals surface area contributed by atoms with Crippen LogP contribution in [-0.2, 0) is 21.4 Å². The molecule has 3 aromatic carbocycles. The number of rotatable bonds is 8.